The van der Waals surface area contributed by atoms with Gasteiger partial charge in [0.15, 0.2) is 0 Å². The van der Waals surface area contributed by atoms with E-state index in [2.05, 4.69) is 12.2 Å². The lowest BCUT2D eigenvalue weighted by atomic mass is 9.88. The van der Waals surface area contributed by atoms with E-state index in [1.165, 1.54) is 18.4 Å². The molecule has 0 fully saturated rings. The second-order valence-corrected chi connectivity index (χ2v) is 10.1. The van der Waals surface area contributed by atoms with Gasteiger partial charge in [0.05, 0.1) is 29.4 Å². The van der Waals surface area contributed by atoms with Crippen LogP contribution in [-0.2, 0) is 17.6 Å². The average molecular weight is 491 g/mol. The van der Waals surface area contributed by atoms with Crippen LogP contribution in [-0.4, -0.2) is 24.0 Å². The number of fused-ring (bicyclic) bond motifs is 2. The second kappa shape index (κ2) is 9.20. The van der Waals surface area contributed by atoms with Crippen LogP contribution < -0.4 is 5.32 Å². The Morgan fingerprint density at radius 3 is 2.71 bits per heavy atom. The second-order valence-electron chi connectivity index (χ2n) is 8.58. The molecule has 2 aromatic carbocycles. The van der Waals surface area contributed by atoms with E-state index in [1.54, 1.807) is 18.2 Å². The molecule has 172 valence electrons. The number of nitrogens with zero attached hydrogens (tertiary/aromatic N) is 1. The SMILES string of the molecule is COC(=O)c1c(NC(=O)c2cc(-c3ccccc3)nc3ccc(Cl)cc23)sc2c1CC[C@@H](C)C2. The van der Waals surface area contributed by atoms with E-state index in [0.29, 0.717) is 43.7 Å². The molecule has 2 heterocycles. The van der Waals surface area contributed by atoms with Gasteiger partial charge in [-0.1, -0.05) is 48.9 Å². The molecule has 0 unspecified atom stereocenters. The van der Waals surface area contributed by atoms with Gasteiger partial charge in [-0.3, -0.25) is 4.79 Å². The summed E-state index contributed by atoms with van der Waals surface area (Å²) in [5.74, 6) is -0.196. The van der Waals surface area contributed by atoms with Crippen molar-refractivity contribution in [3.05, 3.63) is 81.2 Å². The molecule has 1 aliphatic carbocycles. The van der Waals surface area contributed by atoms with Gasteiger partial charge in [0.25, 0.3) is 5.91 Å². The topological polar surface area (TPSA) is 68.3 Å². The molecule has 5 nitrogen and oxygen atoms in total. The van der Waals surface area contributed by atoms with Crippen molar-refractivity contribution in [1.82, 2.24) is 4.98 Å². The number of carbonyl (C=O) groups excluding carboxylic acids is 2. The number of benzene rings is 2. The highest BCUT2D eigenvalue weighted by Crippen LogP contribution is 2.40. The third-order valence-corrected chi connectivity index (χ3v) is 7.62. The van der Waals surface area contributed by atoms with E-state index in [9.17, 15) is 9.59 Å². The number of hydrogen-bond donors (Lipinski definition) is 1. The van der Waals surface area contributed by atoms with Gasteiger partial charge in [0, 0.05) is 20.8 Å². The van der Waals surface area contributed by atoms with Crippen molar-refractivity contribution in [2.24, 2.45) is 5.92 Å². The lowest BCUT2D eigenvalue weighted by Crippen LogP contribution is -2.16. The van der Waals surface area contributed by atoms with E-state index in [-0.39, 0.29) is 5.91 Å². The third kappa shape index (κ3) is 4.19. The minimum Gasteiger partial charge on any atom is -0.465 e. The summed E-state index contributed by atoms with van der Waals surface area (Å²) in [5.41, 5.74) is 4.18. The van der Waals surface area contributed by atoms with Crippen molar-refractivity contribution < 1.29 is 14.3 Å². The van der Waals surface area contributed by atoms with Gasteiger partial charge >= 0.3 is 5.97 Å². The van der Waals surface area contributed by atoms with Gasteiger partial charge in [-0.25, -0.2) is 9.78 Å². The predicted octanol–water partition coefficient (Wildman–Crippen LogP) is 6.78. The average Bonchev–Trinajstić information content (AvgIpc) is 3.20. The smallest absolute Gasteiger partial charge is 0.341 e. The number of thiophene rings is 1. The maximum atomic E-state index is 13.6. The van der Waals surface area contributed by atoms with Gasteiger partial charge in [-0.2, -0.15) is 0 Å². The zero-order chi connectivity index (χ0) is 23.8. The summed E-state index contributed by atoms with van der Waals surface area (Å²) < 4.78 is 5.07. The van der Waals surface area contributed by atoms with Gasteiger partial charge < -0.3 is 10.1 Å². The Morgan fingerprint density at radius 2 is 1.94 bits per heavy atom. The number of ether oxygens (including phenoxy) is 1. The van der Waals surface area contributed by atoms with E-state index in [0.717, 1.165) is 35.3 Å². The number of nitrogens with one attached hydrogen (secondary N) is 1. The third-order valence-electron chi connectivity index (χ3n) is 6.21. The molecule has 1 N–H and O–H groups in total. The molecule has 0 radical (unpaired) electrons. The van der Waals surface area contributed by atoms with E-state index in [1.807, 2.05) is 36.4 Å². The highest BCUT2D eigenvalue weighted by atomic mass is 35.5. The first kappa shape index (κ1) is 22.6. The molecule has 0 saturated heterocycles. The number of carbonyl (C=O) groups is 2. The summed E-state index contributed by atoms with van der Waals surface area (Å²) >= 11 is 7.73. The molecule has 7 heteroatoms. The maximum Gasteiger partial charge on any atom is 0.341 e. The number of aromatic nitrogens is 1. The van der Waals surface area contributed by atoms with Crippen LogP contribution in [0.25, 0.3) is 22.2 Å². The first-order valence-corrected chi connectivity index (χ1v) is 12.3. The van der Waals surface area contributed by atoms with Crippen LogP contribution >= 0.6 is 22.9 Å². The molecular weight excluding hydrogens is 468 g/mol. The van der Waals surface area contributed by atoms with Crippen molar-refractivity contribution >= 4 is 50.7 Å². The van der Waals surface area contributed by atoms with Gasteiger partial charge in [0.1, 0.15) is 5.00 Å². The van der Waals surface area contributed by atoms with Crippen molar-refractivity contribution in [3.63, 3.8) is 0 Å². The number of amides is 1. The van der Waals surface area contributed by atoms with Crippen LogP contribution in [0.5, 0.6) is 0 Å². The number of esters is 1. The van der Waals surface area contributed by atoms with Crippen molar-refractivity contribution in [2.75, 3.05) is 12.4 Å². The molecule has 1 atom stereocenters. The Kier molecular flexibility index (Phi) is 6.11. The fraction of sp³-hybridized carbons (Fsp3) is 0.222. The zero-order valence-corrected chi connectivity index (χ0v) is 20.4. The summed E-state index contributed by atoms with van der Waals surface area (Å²) in [5, 5.41) is 4.72. The Bertz CT molecular complexity index is 1410. The van der Waals surface area contributed by atoms with Gasteiger partial charge in [0.2, 0.25) is 0 Å². The van der Waals surface area contributed by atoms with Gasteiger partial charge in [-0.05, 0) is 55.0 Å². The van der Waals surface area contributed by atoms with Crippen molar-refractivity contribution in [3.8, 4) is 11.3 Å². The van der Waals surface area contributed by atoms with Crippen LogP contribution in [0.2, 0.25) is 5.02 Å². The standard InChI is InChI=1S/C27H23ClN2O3S/c1-15-8-10-18-23(12-15)34-26(24(18)27(32)33-2)30-25(31)20-14-22(16-6-4-3-5-7-16)29-21-11-9-17(28)13-19(20)21/h3-7,9,11,13-15H,8,10,12H2,1-2H3,(H,30,31)/t15-/m1/s1. The number of pyridine rings is 1. The highest BCUT2D eigenvalue weighted by molar-refractivity contribution is 7.17. The lowest BCUT2D eigenvalue weighted by Gasteiger charge is -2.18. The Morgan fingerprint density at radius 1 is 1.15 bits per heavy atom. The monoisotopic (exact) mass is 490 g/mol. The first-order valence-electron chi connectivity index (χ1n) is 11.1. The molecule has 5 rings (SSSR count). The predicted molar refractivity (Wildman–Crippen MR) is 137 cm³/mol. The summed E-state index contributed by atoms with van der Waals surface area (Å²) in [7, 11) is 1.37. The number of halogens is 1. The van der Waals surface area contributed by atoms with Crippen LogP contribution in [0.15, 0.2) is 54.6 Å². The largest absolute Gasteiger partial charge is 0.465 e. The molecular formula is C27H23ClN2O3S. The molecule has 0 saturated carbocycles. The van der Waals surface area contributed by atoms with Crippen molar-refractivity contribution in [1.29, 1.82) is 0 Å². The normalized spacial score (nSPS) is 15.1. The molecule has 1 aliphatic rings. The van der Waals surface area contributed by atoms with Crippen LogP contribution in [0.4, 0.5) is 5.00 Å². The van der Waals surface area contributed by atoms with Crippen LogP contribution in [0, 0.1) is 5.92 Å². The molecule has 1 amide bonds. The van der Waals surface area contributed by atoms with Crippen LogP contribution in [0.3, 0.4) is 0 Å². The maximum absolute atomic E-state index is 13.6. The Hall–Kier alpha value is -3.22. The van der Waals surface area contributed by atoms with E-state index < -0.39 is 5.97 Å². The minimum absolute atomic E-state index is 0.316. The quantitative estimate of drug-likeness (QED) is 0.320. The molecule has 0 bridgehead atoms. The van der Waals surface area contributed by atoms with Gasteiger partial charge in [-0.15, -0.1) is 11.3 Å². The summed E-state index contributed by atoms with van der Waals surface area (Å²) in [6.45, 7) is 2.21. The molecule has 0 aliphatic heterocycles. The molecule has 34 heavy (non-hydrogen) atoms. The number of anilines is 1. The molecule has 4 aromatic rings. The summed E-state index contributed by atoms with van der Waals surface area (Å²) in [4.78, 5) is 32.2. The molecule has 2 aromatic heterocycles. The minimum atomic E-state index is -0.421. The Labute approximate surface area is 206 Å². The van der Waals surface area contributed by atoms with Crippen LogP contribution in [0.1, 0.15) is 44.5 Å². The van der Waals surface area contributed by atoms with E-state index in [4.69, 9.17) is 21.3 Å². The molecule has 0 spiro atoms. The zero-order valence-electron chi connectivity index (χ0n) is 18.9. The van der Waals surface area contributed by atoms with Crippen molar-refractivity contribution in [2.45, 2.75) is 26.2 Å². The lowest BCUT2D eigenvalue weighted by molar-refractivity contribution is 0.0601. The number of methoxy groups -OCH3 is 1. The van der Waals surface area contributed by atoms with E-state index >= 15 is 0 Å². The Balaban J connectivity index is 1.61. The fourth-order valence-electron chi connectivity index (χ4n) is 4.47. The summed E-state index contributed by atoms with van der Waals surface area (Å²) in [6, 6.07) is 16.8. The highest BCUT2D eigenvalue weighted by Gasteiger charge is 2.29. The number of rotatable bonds is 4. The summed E-state index contributed by atoms with van der Waals surface area (Å²) in [6.07, 6.45) is 2.71. The fourth-order valence-corrected chi connectivity index (χ4v) is 6.04. The number of hydrogen-bond acceptors (Lipinski definition) is 5. The first-order chi connectivity index (χ1) is 16.4.